The lowest BCUT2D eigenvalue weighted by Crippen LogP contribution is -3.00. The van der Waals surface area contributed by atoms with Gasteiger partial charge in [0, 0.05) is 23.9 Å². The van der Waals surface area contributed by atoms with Gasteiger partial charge in [0.05, 0.1) is 0 Å². The number of fused-ring (bicyclic) bond motifs is 1. The molecule has 19 heavy (non-hydrogen) atoms. The number of halogens is 1. The van der Waals surface area contributed by atoms with Crippen molar-refractivity contribution in [3.05, 3.63) is 78.6 Å². The van der Waals surface area contributed by atoms with Crippen LogP contribution in [0.3, 0.4) is 0 Å². The second-order valence-electron chi connectivity index (χ2n) is 4.61. The van der Waals surface area contributed by atoms with Gasteiger partial charge in [-0.05, 0) is 11.5 Å². The van der Waals surface area contributed by atoms with Crippen LogP contribution in [0.4, 0.5) is 0 Å². The van der Waals surface area contributed by atoms with Gasteiger partial charge >= 0.3 is 0 Å². The van der Waals surface area contributed by atoms with E-state index in [1.165, 1.54) is 16.3 Å². The maximum Gasteiger partial charge on any atom is 0.180 e. The molecule has 0 N–H and O–H groups in total. The van der Waals surface area contributed by atoms with Crippen LogP contribution in [0.2, 0.25) is 0 Å². The Kier molecular flexibility index (Phi) is 4.18. The number of aromatic nitrogens is 1. The Morgan fingerprint density at radius 2 is 1.42 bits per heavy atom. The van der Waals surface area contributed by atoms with Crippen molar-refractivity contribution in [3.63, 3.8) is 0 Å². The van der Waals surface area contributed by atoms with E-state index in [0.29, 0.717) is 6.04 Å². The maximum atomic E-state index is 2.26. The Morgan fingerprint density at radius 1 is 0.789 bits per heavy atom. The molecular weight excluding hydrogens is 254 g/mol. The molecule has 3 aromatic rings. The minimum atomic E-state index is 0. The molecule has 0 aliphatic carbocycles. The molecule has 2 aromatic carbocycles. The molecule has 0 bridgehead atoms. The normalized spacial score (nSPS) is 11.8. The quantitative estimate of drug-likeness (QED) is 0.605. The number of pyridine rings is 1. The fraction of sp³-hybridized carbons (Fsp3) is 0.118. The van der Waals surface area contributed by atoms with Gasteiger partial charge in [-0.2, -0.15) is 4.57 Å². The summed E-state index contributed by atoms with van der Waals surface area (Å²) in [6.45, 7) is 2.23. The van der Waals surface area contributed by atoms with E-state index in [1.54, 1.807) is 0 Å². The van der Waals surface area contributed by atoms with Crippen molar-refractivity contribution >= 4 is 10.8 Å². The van der Waals surface area contributed by atoms with Crippen molar-refractivity contribution < 1.29 is 17.0 Å². The fourth-order valence-corrected chi connectivity index (χ4v) is 2.29. The molecule has 0 unspecified atom stereocenters. The first-order valence-corrected chi connectivity index (χ1v) is 6.29. The summed E-state index contributed by atoms with van der Waals surface area (Å²) >= 11 is 0. The lowest BCUT2D eigenvalue weighted by molar-refractivity contribution is -0.709. The van der Waals surface area contributed by atoms with E-state index < -0.39 is 0 Å². The summed E-state index contributed by atoms with van der Waals surface area (Å²) in [6.07, 6.45) is 4.37. The van der Waals surface area contributed by atoms with Crippen LogP contribution < -0.4 is 17.0 Å². The molecule has 0 saturated heterocycles. The standard InChI is InChI=1S/C17H16N.ClH/c1-14(15-7-3-2-4-8-15)18-12-11-16-9-5-6-10-17(16)13-18;/h2-14H,1H3;1H/q+1;/p-1/t14-;/m0./s1. The van der Waals surface area contributed by atoms with Crippen molar-refractivity contribution in [1.29, 1.82) is 0 Å². The van der Waals surface area contributed by atoms with E-state index in [9.17, 15) is 0 Å². The number of hydrogen-bond acceptors (Lipinski definition) is 0. The highest BCUT2D eigenvalue weighted by Crippen LogP contribution is 2.14. The van der Waals surface area contributed by atoms with Crippen LogP contribution in [-0.4, -0.2) is 0 Å². The lowest BCUT2D eigenvalue weighted by Gasteiger charge is -2.07. The molecule has 0 aliphatic rings. The fourth-order valence-electron chi connectivity index (χ4n) is 2.29. The van der Waals surface area contributed by atoms with E-state index in [0.717, 1.165) is 0 Å². The van der Waals surface area contributed by atoms with E-state index in [4.69, 9.17) is 0 Å². The van der Waals surface area contributed by atoms with Crippen molar-refractivity contribution in [2.45, 2.75) is 13.0 Å². The molecule has 1 atom stereocenters. The zero-order chi connectivity index (χ0) is 12.4. The Hall–Kier alpha value is -1.86. The highest BCUT2D eigenvalue weighted by atomic mass is 35.5. The number of nitrogens with zero attached hydrogens (tertiary/aromatic N) is 1. The molecule has 3 rings (SSSR count). The predicted molar refractivity (Wildman–Crippen MR) is 74.4 cm³/mol. The Bertz CT molecular complexity index is 664. The summed E-state index contributed by atoms with van der Waals surface area (Å²) in [5, 5.41) is 2.57. The predicted octanol–water partition coefficient (Wildman–Crippen LogP) is 0.741. The summed E-state index contributed by atoms with van der Waals surface area (Å²) in [6, 6.07) is 21.6. The zero-order valence-corrected chi connectivity index (χ0v) is 11.6. The molecule has 1 aromatic heterocycles. The van der Waals surface area contributed by atoms with Crippen LogP contribution in [0.1, 0.15) is 18.5 Å². The Morgan fingerprint density at radius 3 is 2.16 bits per heavy atom. The zero-order valence-electron chi connectivity index (χ0n) is 10.8. The van der Waals surface area contributed by atoms with Crippen LogP contribution in [0.15, 0.2) is 73.1 Å². The Labute approximate surface area is 119 Å². The highest BCUT2D eigenvalue weighted by molar-refractivity contribution is 5.80. The molecule has 0 fully saturated rings. The SMILES string of the molecule is C[C@@H](c1ccccc1)[n+]1ccc2ccccc2c1.[Cl-]. The monoisotopic (exact) mass is 269 g/mol. The molecule has 0 spiro atoms. The van der Waals surface area contributed by atoms with Gasteiger partial charge in [0.25, 0.3) is 0 Å². The second kappa shape index (κ2) is 5.85. The van der Waals surface area contributed by atoms with Crippen LogP contribution >= 0.6 is 0 Å². The third-order valence-electron chi connectivity index (χ3n) is 3.44. The van der Waals surface area contributed by atoms with E-state index in [2.05, 4.69) is 84.5 Å². The summed E-state index contributed by atoms with van der Waals surface area (Å²) in [7, 11) is 0. The van der Waals surface area contributed by atoms with Crippen LogP contribution in [0.25, 0.3) is 10.8 Å². The van der Waals surface area contributed by atoms with Gasteiger partial charge in [0.2, 0.25) is 0 Å². The average molecular weight is 270 g/mol. The summed E-state index contributed by atoms with van der Waals surface area (Å²) in [5.41, 5.74) is 1.33. The topological polar surface area (TPSA) is 3.88 Å². The molecule has 0 aliphatic heterocycles. The molecule has 1 heterocycles. The number of benzene rings is 2. The van der Waals surface area contributed by atoms with Crippen LogP contribution in [-0.2, 0) is 0 Å². The van der Waals surface area contributed by atoms with Crippen molar-refractivity contribution in [3.8, 4) is 0 Å². The first-order valence-electron chi connectivity index (χ1n) is 6.29. The maximum absolute atomic E-state index is 2.26. The molecule has 0 amide bonds. The van der Waals surface area contributed by atoms with Gasteiger partial charge in [0.15, 0.2) is 18.4 Å². The van der Waals surface area contributed by atoms with Crippen LogP contribution in [0, 0.1) is 0 Å². The minimum absolute atomic E-state index is 0. The van der Waals surface area contributed by atoms with Gasteiger partial charge in [0.1, 0.15) is 0 Å². The molecular formula is C17H16ClN. The minimum Gasteiger partial charge on any atom is -1.00 e. The van der Waals surface area contributed by atoms with Crippen molar-refractivity contribution in [2.24, 2.45) is 0 Å². The van der Waals surface area contributed by atoms with Gasteiger partial charge in [-0.25, -0.2) is 0 Å². The highest BCUT2D eigenvalue weighted by Gasteiger charge is 2.14. The van der Waals surface area contributed by atoms with Crippen molar-refractivity contribution in [2.75, 3.05) is 0 Å². The largest absolute Gasteiger partial charge is 1.00 e. The molecule has 2 heteroatoms. The third kappa shape index (κ3) is 2.77. The summed E-state index contributed by atoms with van der Waals surface area (Å²) < 4.78 is 2.26. The number of rotatable bonds is 2. The van der Waals surface area contributed by atoms with E-state index in [-0.39, 0.29) is 12.4 Å². The van der Waals surface area contributed by atoms with Gasteiger partial charge in [-0.15, -0.1) is 0 Å². The molecule has 96 valence electrons. The molecule has 1 nitrogen and oxygen atoms in total. The summed E-state index contributed by atoms with van der Waals surface area (Å²) in [5.74, 6) is 0. The molecule has 0 saturated carbocycles. The number of hydrogen-bond donors (Lipinski definition) is 0. The third-order valence-corrected chi connectivity index (χ3v) is 3.44. The van der Waals surface area contributed by atoms with E-state index in [1.807, 2.05) is 0 Å². The first kappa shape index (κ1) is 13.6. The lowest BCUT2D eigenvalue weighted by atomic mass is 10.1. The van der Waals surface area contributed by atoms with Crippen LogP contribution in [0.5, 0.6) is 0 Å². The first-order chi connectivity index (χ1) is 8.84. The molecule has 0 radical (unpaired) electrons. The van der Waals surface area contributed by atoms with Gasteiger partial charge in [-0.3, -0.25) is 0 Å². The van der Waals surface area contributed by atoms with Gasteiger partial charge in [-0.1, -0.05) is 48.5 Å². The second-order valence-corrected chi connectivity index (χ2v) is 4.61. The van der Waals surface area contributed by atoms with Gasteiger partial charge < -0.3 is 12.4 Å². The Balaban J connectivity index is 0.00000133. The average Bonchev–Trinajstić information content (AvgIpc) is 2.47. The van der Waals surface area contributed by atoms with E-state index >= 15 is 0 Å². The smallest absolute Gasteiger partial charge is 0.180 e. The van der Waals surface area contributed by atoms with Crippen molar-refractivity contribution in [1.82, 2.24) is 0 Å². The summed E-state index contributed by atoms with van der Waals surface area (Å²) in [4.78, 5) is 0.